The van der Waals surface area contributed by atoms with Crippen molar-refractivity contribution in [3.05, 3.63) is 23.8 Å². The molecule has 0 amide bonds. The predicted molar refractivity (Wildman–Crippen MR) is 69.8 cm³/mol. The van der Waals surface area contributed by atoms with Gasteiger partial charge in [-0.05, 0) is 31.7 Å². The van der Waals surface area contributed by atoms with E-state index in [2.05, 4.69) is 0 Å². The molecule has 4 heteroatoms. The van der Waals surface area contributed by atoms with Gasteiger partial charge in [0.05, 0.1) is 18.6 Å². The predicted octanol–water partition coefficient (Wildman–Crippen LogP) is 2.74. The number of carboxylic acids is 1. The third-order valence-electron chi connectivity index (χ3n) is 4.14. The van der Waals surface area contributed by atoms with Gasteiger partial charge in [0.25, 0.3) is 0 Å². The van der Waals surface area contributed by atoms with E-state index in [1.165, 1.54) is 0 Å². The summed E-state index contributed by atoms with van der Waals surface area (Å²) in [4.78, 5) is 11.7. The van der Waals surface area contributed by atoms with Gasteiger partial charge in [-0.3, -0.25) is 4.79 Å². The number of hydrogen-bond acceptors (Lipinski definition) is 3. The van der Waals surface area contributed by atoms with Crippen molar-refractivity contribution in [3.63, 3.8) is 0 Å². The summed E-state index contributed by atoms with van der Waals surface area (Å²) in [5.41, 5.74) is -0.00354. The van der Waals surface area contributed by atoms with Crippen LogP contribution in [-0.2, 0) is 10.2 Å². The second-order valence-corrected chi connectivity index (χ2v) is 5.39. The molecular weight excluding hydrogens is 244 g/mol. The molecule has 0 aromatic heterocycles. The maximum absolute atomic E-state index is 11.7. The van der Waals surface area contributed by atoms with E-state index >= 15 is 0 Å². The van der Waals surface area contributed by atoms with E-state index in [0.29, 0.717) is 24.3 Å². The average molecular weight is 262 g/mol. The number of aliphatic carboxylic acids is 1. The van der Waals surface area contributed by atoms with Crippen LogP contribution in [0.4, 0.5) is 0 Å². The normalized spacial score (nSPS) is 20.5. The van der Waals surface area contributed by atoms with Gasteiger partial charge in [0.15, 0.2) is 11.5 Å². The minimum atomic E-state index is -0.779. The molecule has 2 fully saturated rings. The van der Waals surface area contributed by atoms with E-state index in [1.54, 1.807) is 7.11 Å². The van der Waals surface area contributed by atoms with E-state index in [1.807, 2.05) is 18.2 Å². The van der Waals surface area contributed by atoms with Gasteiger partial charge < -0.3 is 14.6 Å². The first kappa shape index (κ1) is 12.3. The molecule has 0 unspecified atom stereocenters. The summed E-state index contributed by atoms with van der Waals surface area (Å²) in [6.07, 6.45) is 4.61. The molecule has 1 aromatic carbocycles. The molecule has 3 rings (SSSR count). The number of para-hydroxylation sites is 1. The Kier molecular flexibility index (Phi) is 2.88. The molecule has 102 valence electrons. The number of methoxy groups -OCH3 is 1. The molecule has 2 aliphatic rings. The Morgan fingerprint density at radius 1 is 1.37 bits per heavy atom. The zero-order chi connectivity index (χ0) is 13.5. The molecule has 0 saturated heterocycles. The van der Waals surface area contributed by atoms with Crippen molar-refractivity contribution in [2.24, 2.45) is 0 Å². The van der Waals surface area contributed by atoms with Gasteiger partial charge in [0.1, 0.15) is 0 Å². The van der Waals surface area contributed by atoms with E-state index in [9.17, 15) is 9.90 Å². The minimum absolute atomic E-state index is 0.223. The van der Waals surface area contributed by atoms with Crippen LogP contribution in [0.1, 0.15) is 37.7 Å². The Morgan fingerprint density at radius 3 is 2.58 bits per heavy atom. The summed E-state index contributed by atoms with van der Waals surface area (Å²) in [7, 11) is 1.59. The molecule has 0 aliphatic heterocycles. The summed E-state index contributed by atoms with van der Waals surface area (Å²) in [6.45, 7) is 0. The Labute approximate surface area is 112 Å². The van der Waals surface area contributed by atoms with E-state index in [0.717, 1.165) is 24.8 Å². The zero-order valence-electron chi connectivity index (χ0n) is 11.0. The molecule has 2 saturated carbocycles. The second-order valence-electron chi connectivity index (χ2n) is 5.39. The molecule has 0 bridgehead atoms. The van der Waals surface area contributed by atoms with Gasteiger partial charge in [0.2, 0.25) is 0 Å². The van der Waals surface area contributed by atoms with Crippen LogP contribution in [0.15, 0.2) is 18.2 Å². The highest BCUT2D eigenvalue weighted by molar-refractivity contribution is 5.84. The SMILES string of the molecule is COc1cccc(C2(C(=O)O)CCC2)c1OC1CC1. The highest BCUT2D eigenvalue weighted by atomic mass is 16.5. The number of rotatable bonds is 5. The number of carbonyl (C=O) groups is 1. The lowest BCUT2D eigenvalue weighted by atomic mass is 9.64. The average Bonchev–Trinajstić information content (AvgIpc) is 3.13. The fourth-order valence-electron chi connectivity index (χ4n) is 2.66. The topological polar surface area (TPSA) is 55.8 Å². The molecule has 19 heavy (non-hydrogen) atoms. The van der Waals surface area contributed by atoms with Crippen molar-refractivity contribution in [2.45, 2.75) is 43.6 Å². The molecule has 0 spiro atoms. The molecule has 0 heterocycles. The smallest absolute Gasteiger partial charge is 0.314 e. The maximum atomic E-state index is 11.7. The lowest BCUT2D eigenvalue weighted by Crippen LogP contribution is -2.42. The molecule has 4 nitrogen and oxygen atoms in total. The van der Waals surface area contributed by atoms with Crippen molar-refractivity contribution in [2.75, 3.05) is 7.11 Å². The summed E-state index contributed by atoms with van der Waals surface area (Å²) in [5, 5.41) is 9.58. The van der Waals surface area contributed by atoms with Gasteiger partial charge in [-0.2, -0.15) is 0 Å². The lowest BCUT2D eigenvalue weighted by molar-refractivity contribution is -0.147. The largest absolute Gasteiger partial charge is 0.493 e. The van der Waals surface area contributed by atoms with Gasteiger partial charge in [-0.1, -0.05) is 18.6 Å². The third-order valence-corrected chi connectivity index (χ3v) is 4.14. The van der Waals surface area contributed by atoms with Crippen LogP contribution in [0.3, 0.4) is 0 Å². The maximum Gasteiger partial charge on any atom is 0.314 e. The third kappa shape index (κ3) is 1.95. The number of carboxylic acid groups (broad SMARTS) is 1. The van der Waals surface area contributed by atoms with Crippen LogP contribution in [0, 0.1) is 0 Å². The molecule has 2 aliphatic carbocycles. The standard InChI is InChI=1S/C15H18O4/c1-18-12-5-2-4-11(13(12)19-10-6-7-10)15(14(16)17)8-3-9-15/h2,4-5,10H,3,6-9H2,1H3,(H,16,17). The molecule has 0 atom stereocenters. The monoisotopic (exact) mass is 262 g/mol. The Morgan fingerprint density at radius 2 is 2.11 bits per heavy atom. The second kappa shape index (κ2) is 4.44. The lowest BCUT2D eigenvalue weighted by Gasteiger charge is -2.39. The number of hydrogen-bond donors (Lipinski definition) is 1. The van der Waals surface area contributed by atoms with E-state index < -0.39 is 11.4 Å². The quantitative estimate of drug-likeness (QED) is 0.886. The molecule has 1 N–H and O–H groups in total. The number of benzene rings is 1. The first-order valence-electron chi connectivity index (χ1n) is 6.75. The summed E-state index contributed by atoms with van der Waals surface area (Å²) < 4.78 is 11.3. The van der Waals surface area contributed by atoms with Crippen molar-refractivity contribution in [1.82, 2.24) is 0 Å². The summed E-state index contributed by atoms with van der Waals surface area (Å²) in [5.74, 6) is 0.513. The summed E-state index contributed by atoms with van der Waals surface area (Å²) in [6, 6.07) is 5.54. The van der Waals surface area contributed by atoms with Crippen LogP contribution in [-0.4, -0.2) is 24.3 Å². The zero-order valence-corrected chi connectivity index (χ0v) is 11.0. The first-order valence-corrected chi connectivity index (χ1v) is 6.75. The van der Waals surface area contributed by atoms with Gasteiger partial charge in [-0.15, -0.1) is 0 Å². The van der Waals surface area contributed by atoms with Crippen LogP contribution in [0.2, 0.25) is 0 Å². The Balaban J connectivity index is 2.05. The minimum Gasteiger partial charge on any atom is -0.493 e. The number of ether oxygens (including phenoxy) is 2. The van der Waals surface area contributed by atoms with E-state index in [-0.39, 0.29) is 6.10 Å². The van der Waals surface area contributed by atoms with Crippen molar-refractivity contribution >= 4 is 5.97 Å². The Bertz CT molecular complexity index is 501. The van der Waals surface area contributed by atoms with Gasteiger partial charge in [0, 0.05) is 5.56 Å². The molecule has 1 aromatic rings. The van der Waals surface area contributed by atoms with Gasteiger partial charge in [-0.25, -0.2) is 0 Å². The van der Waals surface area contributed by atoms with E-state index in [4.69, 9.17) is 9.47 Å². The highest BCUT2D eigenvalue weighted by Crippen LogP contribution is 2.50. The Hall–Kier alpha value is -1.71. The van der Waals surface area contributed by atoms with Gasteiger partial charge >= 0.3 is 5.97 Å². The summed E-state index contributed by atoms with van der Waals surface area (Å²) >= 11 is 0. The molecule has 0 radical (unpaired) electrons. The van der Waals surface area contributed by atoms with Crippen molar-refractivity contribution in [1.29, 1.82) is 0 Å². The highest BCUT2D eigenvalue weighted by Gasteiger charge is 2.48. The van der Waals surface area contributed by atoms with Crippen LogP contribution in [0.25, 0.3) is 0 Å². The van der Waals surface area contributed by atoms with Crippen molar-refractivity contribution < 1.29 is 19.4 Å². The first-order chi connectivity index (χ1) is 9.17. The van der Waals surface area contributed by atoms with Crippen LogP contribution < -0.4 is 9.47 Å². The van der Waals surface area contributed by atoms with Crippen LogP contribution in [0.5, 0.6) is 11.5 Å². The van der Waals surface area contributed by atoms with Crippen LogP contribution >= 0.6 is 0 Å². The fourth-order valence-corrected chi connectivity index (χ4v) is 2.66. The molecular formula is C15H18O4. The fraction of sp³-hybridized carbons (Fsp3) is 0.533. The van der Waals surface area contributed by atoms with Crippen molar-refractivity contribution in [3.8, 4) is 11.5 Å².